The van der Waals surface area contributed by atoms with Crippen LogP contribution in [0.3, 0.4) is 0 Å². The zero-order valence-corrected chi connectivity index (χ0v) is 40.3. The van der Waals surface area contributed by atoms with E-state index < -0.39 is 0 Å². The van der Waals surface area contributed by atoms with Crippen LogP contribution in [-0.2, 0) is 0 Å². The van der Waals surface area contributed by atoms with Crippen molar-refractivity contribution < 1.29 is 0 Å². The van der Waals surface area contributed by atoms with Crippen molar-refractivity contribution >= 4 is 202 Å². The topological polar surface area (TPSA) is 8.82 Å². The Morgan fingerprint density at radius 3 is 1.40 bits per heavy atom. The van der Waals surface area contributed by atoms with Crippen LogP contribution in [0.25, 0.3) is 168 Å². The van der Waals surface area contributed by atoms with Crippen LogP contribution in [0.15, 0.2) is 194 Å². The highest BCUT2D eigenvalue weighted by Gasteiger charge is 2.23. The summed E-state index contributed by atoms with van der Waals surface area (Å²) in [6.07, 6.45) is 4.74. The molecule has 0 spiro atoms. The zero-order chi connectivity index (χ0) is 45.1. The lowest BCUT2D eigenvalue weighted by molar-refractivity contribution is 1.31. The number of thiophene rings is 4. The molecule has 8 aromatic heterocycles. The normalized spacial score (nSPS) is 12.9. The van der Waals surface area contributed by atoms with Crippen molar-refractivity contribution in [3.05, 3.63) is 194 Å². The van der Waals surface area contributed by atoms with E-state index in [1.807, 2.05) is 45.3 Å². The van der Waals surface area contributed by atoms with Gasteiger partial charge in [0, 0.05) is 138 Å². The maximum absolute atomic E-state index is 2.51. The molecule has 0 saturated carbocycles. The molecule has 0 fully saturated rings. The van der Waals surface area contributed by atoms with E-state index in [1.54, 1.807) is 0 Å². The molecule has 2 nitrogen and oxygen atoms in total. The van der Waals surface area contributed by atoms with Gasteiger partial charge in [-0.3, -0.25) is 0 Å². The maximum Gasteiger partial charge on any atom is 0.0714 e. The van der Waals surface area contributed by atoms with Crippen molar-refractivity contribution in [2.24, 2.45) is 0 Å². The number of benzene rings is 10. The van der Waals surface area contributed by atoms with Crippen LogP contribution in [0.2, 0.25) is 0 Å². The molecule has 6 heteroatoms. The van der Waals surface area contributed by atoms with Crippen molar-refractivity contribution in [3.63, 3.8) is 0 Å². The molecule has 18 aromatic rings. The lowest BCUT2D eigenvalue weighted by Gasteiger charge is -2.12. The Balaban J connectivity index is 0.876. The molecule has 0 bridgehead atoms. The predicted octanol–water partition coefficient (Wildman–Crippen LogP) is 20.2. The third-order valence-electron chi connectivity index (χ3n) is 15.6. The number of aromatic nitrogens is 2. The molecule has 0 radical (unpaired) electrons. The van der Waals surface area contributed by atoms with E-state index in [1.165, 1.54) is 168 Å². The van der Waals surface area contributed by atoms with Gasteiger partial charge in [0.05, 0.1) is 31.5 Å². The molecule has 70 heavy (non-hydrogen) atoms. The molecule has 0 N–H and O–H groups in total. The Morgan fingerprint density at radius 2 is 0.686 bits per heavy atom. The molecule has 10 aromatic carbocycles. The molecule has 18 rings (SSSR count). The first-order valence-electron chi connectivity index (χ1n) is 23.8. The van der Waals surface area contributed by atoms with Gasteiger partial charge in [0.15, 0.2) is 0 Å². The van der Waals surface area contributed by atoms with Crippen LogP contribution in [-0.4, -0.2) is 8.80 Å². The molecule has 0 aliphatic heterocycles. The lowest BCUT2D eigenvalue weighted by atomic mass is 9.97. The molecule has 8 heterocycles. The third-order valence-corrected chi connectivity index (χ3v) is 20.3. The van der Waals surface area contributed by atoms with Gasteiger partial charge in [0.1, 0.15) is 0 Å². The molecule has 0 saturated heterocycles. The lowest BCUT2D eigenvalue weighted by Crippen LogP contribution is -1.90. The van der Waals surface area contributed by atoms with Gasteiger partial charge < -0.3 is 8.80 Å². The Morgan fingerprint density at radius 1 is 0.243 bits per heavy atom. The quantitative estimate of drug-likeness (QED) is 0.145. The third kappa shape index (κ3) is 4.59. The highest BCUT2D eigenvalue weighted by atomic mass is 32.1. The van der Waals surface area contributed by atoms with Gasteiger partial charge in [-0.25, -0.2) is 0 Å². The summed E-state index contributed by atoms with van der Waals surface area (Å²) in [6.45, 7) is 0. The van der Waals surface area contributed by atoms with E-state index in [2.05, 4.69) is 203 Å². The van der Waals surface area contributed by atoms with Gasteiger partial charge >= 0.3 is 0 Å². The highest BCUT2D eigenvalue weighted by Crippen LogP contribution is 2.50. The van der Waals surface area contributed by atoms with E-state index in [0.29, 0.717) is 0 Å². The molecule has 0 aliphatic rings. The predicted molar refractivity (Wildman–Crippen MR) is 310 cm³/mol. The maximum atomic E-state index is 2.51. The molecule has 0 atom stereocenters. The summed E-state index contributed by atoms with van der Waals surface area (Å²) in [6, 6.07) is 69.1. The SMILES string of the molecule is c1ccc2c(c1)cn1c2c2ccc3c4cc(-c5ccc6c(c5)sc5c6ccc6c7c(ccc8sc9ccccc9c87)c7c8ccccc8cn7c65)ccc4sc3c2c2ccc3c4ccccc4sc3c21. The summed E-state index contributed by atoms with van der Waals surface area (Å²) in [4.78, 5) is 0. The van der Waals surface area contributed by atoms with Gasteiger partial charge in [-0.15, -0.1) is 45.3 Å². The largest absolute Gasteiger partial charge is 0.313 e. The second-order valence-electron chi connectivity index (χ2n) is 19.1. The summed E-state index contributed by atoms with van der Waals surface area (Å²) in [7, 11) is 0. The molecular formula is C64H32N2S4. The smallest absolute Gasteiger partial charge is 0.0714 e. The number of fused-ring (bicyclic) bond motifs is 32. The van der Waals surface area contributed by atoms with Gasteiger partial charge in [0.2, 0.25) is 0 Å². The van der Waals surface area contributed by atoms with Crippen LogP contribution < -0.4 is 0 Å². The summed E-state index contributed by atoms with van der Waals surface area (Å²) < 4.78 is 15.7. The molecule has 0 amide bonds. The second kappa shape index (κ2) is 13.1. The fraction of sp³-hybridized carbons (Fsp3) is 0. The number of hydrogen-bond acceptors (Lipinski definition) is 4. The Hall–Kier alpha value is -7.84. The molecular weight excluding hydrogens is 925 g/mol. The minimum Gasteiger partial charge on any atom is -0.313 e. The van der Waals surface area contributed by atoms with Crippen LogP contribution in [0.4, 0.5) is 0 Å². The fourth-order valence-corrected chi connectivity index (χ4v) is 17.6. The van der Waals surface area contributed by atoms with Gasteiger partial charge in [-0.05, 0) is 47.5 Å². The van der Waals surface area contributed by atoms with E-state index in [9.17, 15) is 0 Å². The minimum atomic E-state index is 1.25. The monoisotopic (exact) mass is 956 g/mol. The van der Waals surface area contributed by atoms with E-state index >= 15 is 0 Å². The van der Waals surface area contributed by atoms with Crippen LogP contribution in [0.5, 0.6) is 0 Å². The minimum absolute atomic E-state index is 1.25. The number of hydrogen-bond donors (Lipinski definition) is 0. The van der Waals surface area contributed by atoms with E-state index in [4.69, 9.17) is 0 Å². The standard InChI is InChI=1S/C64H32N2S4/c1-3-11-37-35(9-1)31-65-58(37)45-26-28-53-57(44-14-6-8-16-51(44)67-53)55(45)46-23-20-42-40-19-17-34(30-54(40)70-64(42)60(46)65)33-18-27-52-49(29-33)43-22-24-47-56(62(43)68-52)48-25-21-41-39-13-5-7-15-50(39)69-63(41)61(48)66-32-36-10-2-4-12-38(36)59(47)66/h1-32H. The molecule has 0 aliphatic carbocycles. The number of pyridine rings is 2. The fourth-order valence-electron chi connectivity index (χ4n) is 12.7. The van der Waals surface area contributed by atoms with Crippen molar-refractivity contribution in [3.8, 4) is 11.1 Å². The molecule has 322 valence electrons. The zero-order valence-electron chi connectivity index (χ0n) is 37.0. The Labute approximate surface area is 413 Å². The summed E-state index contributed by atoms with van der Waals surface area (Å²) in [5.41, 5.74) is 7.68. The van der Waals surface area contributed by atoms with Crippen molar-refractivity contribution in [2.75, 3.05) is 0 Å². The van der Waals surface area contributed by atoms with E-state index in [-0.39, 0.29) is 0 Å². The van der Waals surface area contributed by atoms with Crippen LogP contribution >= 0.6 is 45.3 Å². The summed E-state index contributed by atoms with van der Waals surface area (Å²) in [5.74, 6) is 0. The number of rotatable bonds is 1. The van der Waals surface area contributed by atoms with Gasteiger partial charge in [0.25, 0.3) is 0 Å². The summed E-state index contributed by atoms with van der Waals surface area (Å²) >= 11 is 7.71. The van der Waals surface area contributed by atoms with Crippen LogP contribution in [0.1, 0.15) is 0 Å². The first-order chi connectivity index (χ1) is 34.7. The van der Waals surface area contributed by atoms with E-state index in [0.717, 1.165) is 0 Å². The Kier molecular flexibility index (Phi) is 6.93. The first-order valence-corrected chi connectivity index (χ1v) is 27.1. The second-order valence-corrected chi connectivity index (χ2v) is 23.3. The van der Waals surface area contributed by atoms with Crippen molar-refractivity contribution in [1.29, 1.82) is 0 Å². The van der Waals surface area contributed by atoms with Crippen molar-refractivity contribution in [1.82, 2.24) is 8.80 Å². The molecule has 0 unspecified atom stereocenters. The highest BCUT2D eigenvalue weighted by molar-refractivity contribution is 7.28. The first kappa shape index (κ1) is 37.1. The average Bonchev–Trinajstić information content (AvgIpc) is 4.27. The average molecular weight is 957 g/mol. The number of nitrogens with zero attached hydrogens (tertiary/aromatic N) is 2. The van der Waals surface area contributed by atoms with Gasteiger partial charge in [-0.1, -0.05) is 146 Å². The van der Waals surface area contributed by atoms with Crippen LogP contribution in [0, 0.1) is 0 Å². The Bertz CT molecular complexity index is 5440. The summed E-state index contributed by atoms with van der Waals surface area (Å²) in [5, 5.41) is 23.7. The van der Waals surface area contributed by atoms with Crippen molar-refractivity contribution in [2.45, 2.75) is 0 Å². The van der Waals surface area contributed by atoms with Gasteiger partial charge in [-0.2, -0.15) is 0 Å².